The summed E-state index contributed by atoms with van der Waals surface area (Å²) in [5.41, 5.74) is 3.66. The third kappa shape index (κ3) is 7.33. The van der Waals surface area contributed by atoms with Crippen molar-refractivity contribution in [2.75, 3.05) is 20.6 Å². The summed E-state index contributed by atoms with van der Waals surface area (Å²) >= 11 is 1.69. The highest BCUT2D eigenvalue weighted by Gasteiger charge is 2.07. The zero-order valence-electron chi connectivity index (χ0n) is 15.7. The second kappa shape index (κ2) is 11.2. The number of halogens is 1. The summed E-state index contributed by atoms with van der Waals surface area (Å²) in [7, 11) is 3.49. The average Bonchev–Trinajstić information content (AvgIpc) is 3.08. The van der Waals surface area contributed by atoms with Crippen LogP contribution in [0.4, 0.5) is 0 Å². The number of aryl methyl sites for hydroxylation is 2. The number of hydrogen-bond acceptors (Lipinski definition) is 3. The van der Waals surface area contributed by atoms with Gasteiger partial charge in [-0.1, -0.05) is 29.8 Å². The lowest BCUT2D eigenvalue weighted by atomic mass is 10.1. The second-order valence-corrected chi connectivity index (χ2v) is 7.20. The van der Waals surface area contributed by atoms with E-state index in [0.29, 0.717) is 19.0 Å². The van der Waals surface area contributed by atoms with Crippen molar-refractivity contribution in [2.24, 2.45) is 4.99 Å². The van der Waals surface area contributed by atoms with Crippen LogP contribution in [-0.2, 0) is 17.9 Å². The second-order valence-electron chi connectivity index (χ2n) is 6.17. The van der Waals surface area contributed by atoms with Crippen molar-refractivity contribution >= 4 is 47.2 Å². The van der Waals surface area contributed by atoms with Gasteiger partial charge in [-0.3, -0.25) is 4.79 Å². The Labute approximate surface area is 176 Å². The Morgan fingerprint density at radius 2 is 1.96 bits per heavy atom. The summed E-state index contributed by atoms with van der Waals surface area (Å²) in [6, 6.07) is 10.5. The Hall–Kier alpha value is -1.61. The maximum Gasteiger partial charge on any atom is 0.241 e. The topological polar surface area (TPSA) is 56.7 Å². The van der Waals surface area contributed by atoms with Crippen LogP contribution in [0.5, 0.6) is 0 Å². The van der Waals surface area contributed by atoms with Crippen molar-refractivity contribution in [1.29, 1.82) is 0 Å². The zero-order valence-corrected chi connectivity index (χ0v) is 18.9. The smallest absolute Gasteiger partial charge is 0.241 e. The van der Waals surface area contributed by atoms with Gasteiger partial charge in [0, 0.05) is 19.0 Å². The molecule has 7 heteroatoms. The van der Waals surface area contributed by atoms with E-state index in [1.807, 2.05) is 11.4 Å². The van der Waals surface area contributed by atoms with E-state index in [1.54, 1.807) is 30.3 Å². The highest BCUT2D eigenvalue weighted by Crippen LogP contribution is 2.11. The van der Waals surface area contributed by atoms with Gasteiger partial charge in [-0.15, -0.1) is 35.3 Å². The number of nitrogens with one attached hydrogen (secondary N) is 2. The fourth-order valence-corrected chi connectivity index (χ4v) is 2.91. The molecule has 5 nitrogen and oxygen atoms in total. The molecule has 0 radical (unpaired) electrons. The molecule has 0 aliphatic rings. The molecule has 0 aliphatic carbocycles. The molecule has 0 saturated carbocycles. The third-order valence-corrected chi connectivity index (χ3v) is 4.70. The van der Waals surface area contributed by atoms with E-state index in [9.17, 15) is 4.79 Å². The first-order chi connectivity index (χ1) is 12.0. The van der Waals surface area contributed by atoms with Crippen molar-refractivity contribution in [3.63, 3.8) is 0 Å². The molecule has 1 aromatic heterocycles. The number of carbonyl (C=O) groups excluding carboxylic acids is 1. The van der Waals surface area contributed by atoms with E-state index < -0.39 is 0 Å². The monoisotopic (exact) mass is 486 g/mol. The lowest BCUT2D eigenvalue weighted by Gasteiger charge is -2.15. The van der Waals surface area contributed by atoms with Crippen LogP contribution in [0.2, 0.25) is 0 Å². The van der Waals surface area contributed by atoms with Crippen molar-refractivity contribution in [1.82, 2.24) is 15.5 Å². The van der Waals surface area contributed by atoms with Gasteiger partial charge in [-0.2, -0.15) is 0 Å². The molecule has 2 aromatic rings. The molecule has 0 unspecified atom stereocenters. The molecule has 0 fully saturated rings. The Kier molecular flexibility index (Phi) is 9.64. The first-order valence-corrected chi connectivity index (χ1v) is 9.14. The maximum atomic E-state index is 11.8. The molecule has 1 heterocycles. The molecule has 0 spiro atoms. The minimum Gasteiger partial charge on any atom is -0.351 e. The van der Waals surface area contributed by atoms with Gasteiger partial charge in [0.1, 0.15) is 0 Å². The van der Waals surface area contributed by atoms with Gasteiger partial charge in [0.2, 0.25) is 5.91 Å². The first kappa shape index (κ1) is 22.4. The Morgan fingerprint density at radius 3 is 2.58 bits per heavy atom. The Bertz CT molecular complexity index is 729. The number of guanidine groups is 1. The fourth-order valence-electron chi connectivity index (χ4n) is 2.26. The van der Waals surface area contributed by atoms with Gasteiger partial charge in [-0.05, 0) is 36.4 Å². The van der Waals surface area contributed by atoms with E-state index in [1.165, 1.54) is 21.6 Å². The molecule has 2 rings (SSSR count). The number of rotatable bonds is 6. The van der Waals surface area contributed by atoms with E-state index in [-0.39, 0.29) is 36.4 Å². The van der Waals surface area contributed by atoms with E-state index >= 15 is 0 Å². The number of amides is 1. The minimum absolute atomic E-state index is 0. The van der Waals surface area contributed by atoms with Crippen molar-refractivity contribution in [3.8, 4) is 0 Å². The summed E-state index contributed by atoms with van der Waals surface area (Å²) in [6.45, 7) is 5.66. The highest BCUT2D eigenvalue weighted by molar-refractivity contribution is 14.0. The third-order valence-electron chi connectivity index (χ3n) is 3.82. The SMILES string of the molecule is Cc1ccc(CN=C(NCC(=O)N(C)C)NCc2cccs2)c(C)c1.I. The van der Waals surface area contributed by atoms with E-state index in [4.69, 9.17) is 0 Å². The predicted octanol–water partition coefficient (Wildman–Crippen LogP) is 3.31. The molecule has 0 saturated heterocycles. The lowest BCUT2D eigenvalue weighted by Crippen LogP contribution is -2.42. The molecule has 0 bridgehead atoms. The summed E-state index contributed by atoms with van der Waals surface area (Å²) in [5, 5.41) is 8.46. The quantitative estimate of drug-likeness (QED) is 0.374. The Balaban J connectivity index is 0.00000338. The fraction of sp³-hybridized carbons (Fsp3) is 0.368. The van der Waals surface area contributed by atoms with Crippen LogP contribution in [0.1, 0.15) is 21.6 Å². The largest absolute Gasteiger partial charge is 0.351 e. The molecule has 0 aliphatic heterocycles. The van der Waals surface area contributed by atoms with Crippen molar-refractivity contribution in [2.45, 2.75) is 26.9 Å². The Morgan fingerprint density at radius 1 is 1.19 bits per heavy atom. The normalized spacial score (nSPS) is 10.8. The summed E-state index contributed by atoms with van der Waals surface area (Å²) < 4.78 is 0. The van der Waals surface area contributed by atoms with E-state index in [0.717, 1.165) is 0 Å². The van der Waals surface area contributed by atoms with Crippen LogP contribution in [0.3, 0.4) is 0 Å². The van der Waals surface area contributed by atoms with Crippen LogP contribution < -0.4 is 10.6 Å². The predicted molar refractivity (Wildman–Crippen MR) is 120 cm³/mol. The molecule has 26 heavy (non-hydrogen) atoms. The standard InChI is InChI=1S/C19H26N4OS.HI/c1-14-7-8-16(15(2)10-14)11-20-19(22-13-18(24)23(3)4)21-12-17-6-5-9-25-17;/h5-10H,11-13H2,1-4H3,(H2,20,21,22);1H. The molecular weight excluding hydrogens is 459 g/mol. The van der Waals surface area contributed by atoms with Gasteiger partial charge in [-0.25, -0.2) is 4.99 Å². The van der Waals surface area contributed by atoms with Gasteiger partial charge in [0.15, 0.2) is 5.96 Å². The van der Waals surface area contributed by atoms with Crippen LogP contribution in [0.25, 0.3) is 0 Å². The number of hydrogen-bond donors (Lipinski definition) is 2. The number of nitrogens with zero attached hydrogens (tertiary/aromatic N) is 2. The molecule has 2 N–H and O–H groups in total. The van der Waals surface area contributed by atoms with Gasteiger partial charge < -0.3 is 15.5 Å². The number of thiophene rings is 1. The van der Waals surface area contributed by atoms with Crippen LogP contribution in [-0.4, -0.2) is 37.4 Å². The van der Waals surface area contributed by atoms with Crippen LogP contribution in [0.15, 0.2) is 40.7 Å². The van der Waals surface area contributed by atoms with Crippen LogP contribution in [0, 0.1) is 13.8 Å². The molecule has 1 aromatic carbocycles. The van der Waals surface area contributed by atoms with Crippen molar-refractivity contribution in [3.05, 3.63) is 57.3 Å². The zero-order chi connectivity index (χ0) is 18.2. The first-order valence-electron chi connectivity index (χ1n) is 8.26. The number of benzene rings is 1. The molecular formula is C19H27IN4OS. The highest BCUT2D eigenvalue weighted by atomic mass is 127. The summed E-state index contributed by atoms with van der Waals surface area (Å²) in [5.74, 6) is 0.653. The minimum atomic E-state index is 0. The van der Waals surface area contributed by atoms with Crippen LogP contribution >= 0.6 is 35.3 Å². The lowest BCUT2D eigenvalue weighted by molar-refractivity contribution is -0.127. The number of aliphatic imine (C=N–C) groups is 1. The van der Waals surface area contributed by atoms with Gasteiger partial charge in [0.05, 0.1) is 19.6 Å². The average molecular weight is 486 g/mol. The van der Waals surface area contributed by atoms with Gasteiger partial charge in [0.25, 0.3) is 0 Å². The molecule has 142 valence electrons. The number of likely N-dealkylation sites (N-methyl/N-ethyl adjacent to an activating group) is 1. The molecule has 1 amide bonds. The van der Waals surface area contributed by atoms with E-state index in [2.05, 4.69) is 53.7 Å². The number of carbonyl (C=O) groups is 1. The van der Waals surface area contributed by atoms with Gasteiger partial charge >= 0.3 is 0 Å². The maximum absolute atomic E-state index is 11.8. The van der Waals surface area contributed by atoms with Crippen molar-refractivity contribution < 1.29 is 4.79 Å². The molecule has 0 atom stereocenters. The summed E-state index contributed by atoms with van der Waals surface area (Å²) in [6.07, 6.45) is 0. The summed E-state index contributed by atoms with van der Waals surface area (Å²) in [4.78, 5) is 19.3.